The zero-order valence-corrected chi connectivity index (χ0v) is 18.0. The van der Waals surface area contributed by atoms with Crippen molar-refractivity contribution in [2.45, 2.75) is 56.2 Å². The van der Waals surface area contributed by atoms with Crippen molar-refractivity contribution in [2.24, 2.45) is 0 Å². The number of carbonyl (C=O) groups excluding carboxylic acids is 1. The fourth-order valence-corrected chi connectivity index (χ4v) is 4.18. The van der Waals surface area contributed by atoms with Gasteiger partial charge in [-0.15, -0.1) is 23.4 Å². The Morgan fingerprint density at radius 3 is 2.54 bits per heavy atom. The number of amides is 1. The first-order valence-corrected chi connectivity index (χ1v) is 10.9. The summed E-state index contributed by atoms with van der Waals surface area (Å²) in [5.41, 5.74) is 0.215. The van der Waals surface area contributed by atoms with Crippen LogP contribution in [0.5, 0.6) is 0 Å². The lowest BCUT2D eigenvalue weighted by atomic mass is 9.82. The average molecular weight is 498 g/mol. The SMILES string of the molecule is O=C(N[C@@H]1CC[C@@H](c2nnc(C3CC(OC(F)(F)F)C3)o2)OC1)c1ccc2c(F)c(F)ccc2n1. The molecule has 186 valence electrons. The van der Waals surface area contributed by atoms with E-state index in [1.165, 1.54) is 18.2 Å². The van der Waals surface area contributed by atoms with Crippen LogP contribution >= 0.6 is 0 Å². The summed E-state index contributed by atoms with van der Waals surface area (Å²) in [7, 11) is 0. The molecule has 2 aliphatic rings. The molecule has 5 rings (SSSR count). The number of nitrogens with zero attached hydrogens (tertiary/aromatic N) is 3. The smallest absolute Gasteiger partial charge is 0.422 e. The lowest BCUT2D eigenvalue weighted by Gasteiger charge is -2.33. The monoisotopic (exact) mass is 498 g/mol. The van der Waals surface area contributed by atoms with Crippen LogP contribution in [-0.2, 0) is 9.47 Å². The van der Waals surface area contributed by atoms with Gasteiger partial charge in [0.15, 0.2) is 11.6 Å². The van der Waals surface area contributed by atoms with Gasteiger partial charge in [-0.05, 0) is 49.9 Å². The Bertz CT molecular complexity index is 1240. The highest BCUT2D eigenvalue weighted by atomic mass is 19.4. The summed E-state index contributed by atoms with van der Waals surface area (Å²) in [6, 6.07) is 4.54. The van der Waals surface area contributed by atoms with Crippen molar-refractivity contribution < 1.29 is 40.6 Å². The fourth-order valence-electron chi connectivity index (χ4n) is 4.18. The Balaban J connectivity index is 1.13. The second-order valence-corrected chi connectivity index (χ2v) is 8.53. The maximum Gasteiger partial charge on any atom is 0.522 e. The van der Waals surface area contributed by atoms with Crippen molar-refractivity contribution >= 4 is 16.8 Å². The van der Waals surface area contributed by atoms with Gasteiger partial charge in [-0.3, -0.25) is 9.53 Å². The second kappa shape index (κ2) is 9.11. The van der Waals surface area contributed by atoms with Crippen LogP contribution in [0.4, 0.5) is 22.0 Å². The van der Waals surface area contributed by atoms with Gasteiger partial charge in [0.05, 0.1) is 24.3 Å². The molecule has 2 fully saturated rings. The number of aromatic nitrogens is 3. The number of ether oxygens (including phenoxy) is 2. The maximum absolute atomic E-state index is 13.8. The van der Waals surface area contributed by atoms with Crippen LogP contribution < -0.4 is 5.32 Å². The van der Waals surface area contributed by atoms with Gasteiger partial charge in [-0.2, -0.15) is 0 Å². The number of hydrogen-bond donors (Lipinski definition) is 1. The molecule has 0 spiro atoms. The lowest BCUT2D eigenvalue weighted by molar-refractivity contribution is -0.352. The molecule has 8 nitrogen and oxygen atoms in total. The molecule has 0 radical (unpaired) electrons. The third-order valence-electron chi connectivity index (χ3n) is 6.08. The molecule has 0 bridgehead atoms. The van der Waals surface area contributed by atoms with Crippen molar-refractivity contribution in [1.82, 2.24) is 20.5 Å². The highest BCUT2D eigenvalue weighted by molar-refractivity contribution is 5.95. The van der Waals surface area contributed by atoms with Crippen LogP contribution in [0.1, 0.15) is 60.0 Å². The highest BCUT2D eigenvalue weighted by Gasteiger charge is 2.43. The molecule has 1 saturated heterocycles. The van der Waals surface area contributed by atoms with E-state index in [0.29, 0.717) is 12.8 Å². The molecule has 1 saturated carbocycles. The van der Waals surface area contributed by atoms with Gasteiger partial charge >= 0.3 is 6.36 Å². The largest absolute Gasteiger partial charge is 0.522 e. The van der Waals surface area contributed by atoms with Crippen LogP contribution in [0, 0.1) is 11.6 Å². The zero-order chi connectivity index (χ0) is 24.7. The standard InChI is InChI=1S/C22H19F5N4O4/c23-14-3-5-15-13(18(14)24)2-4-16(29-15)19(32)28-11-1-6-17(33-9-11)21-31-30-20(34-21)10-7-12(8-10)35-22(25,26)27/h2-5,10-12,17H,1,6-9H2,(H,28,32)/t10?,11-,12?,17+/m1/s1. The number of pyridine rings is 1. The van der Waals surface area contributed by atoms with E-state index in [4.69, 9.17) is 9.15 Å². The Morgan fingerprint density at radius 2 is 1.83 bits per heavy atom. The first-order valence-electron chi connectivity index (χ1n) is 10.9. The van der Waals surface area contributed by atoms with Crippen molar-refractivity contribution in [3.63, 3.8) is 0 Å². The zero-order valence-electron chi connectivity index (χ0n) is 18.0. The Labute approximate surface area is 194 Å². The molecule has 2 atom stereocenters. The highest BCUT2D eigenvalue weighted by Crippen LogP contribution is 2.41. The molecule has 35 heavy (non-hydrogen) atoms. The van der Waals surface area contributed by atoms with Gasteiger partial charge in [-0.1, -0.05) is 0 Å². The Morgan fingerprint density at radius 1 is 1.06 bits per heavy atom. The Hall–Kier alpha value is -3.19. The van der Waals surface area contributed by atoms with Crippen LogP contribution in [-0.4, -0.2) is 46.2 Å². The van der Waals surface area contributed by atoms with Gasteiger partial charge in [0.1, 0.15) is 11.8 Å². The quantitative estimate of drug-likeness (QED) is 0.523. The molecule has 0 unspecified atom stereocenters. The first kappa shape index (κ1) is 23.5. The molecule has 1 aliphatic carbocycles. The Kier molecular flexibility index (Phi) is 6.13. The molecular weight excluding hydrogens is 479 g/mol. The molecule has 2 aromatic heterocycles. The van der Waals surface area contributed by atoms with Crippen molar-refractivity contribution in [2.75, 3.05) is 6.61 Å². The summed E-state index contributed by atoms with van der Waals surface area (Å²) in [4.78, 5) is 16.7. The van der Waals surface area contributed by atoms with E-state index in [9.17, 15) is 26.7 Å². The number of benzene rings is 1. The third-order valence-corrected chi connectivity index (χ3v) is 6.08. The maximum atomic E-state index is 13.8. The van der Waals surface area contributed by atoms with E-state index in [2.05, 4.69) is 25.2 Å². The van der Waals surface area contributed by atoms with Gasteiger partial charge in [0.25, 0.3) is 5.91 Å². The second-order valence-electron chi connectivity index (χ2n) is 8.53. The van der Waals surface area contributed by atoms with Crippen LogP contribution in [0.3, 0.4) is 0 Å². The van der Waals surface area contributed by atoms with E-state index in [1.54, 1.807) is 0 Å². The summed E-state index contributed by atoms with van der Waals surface area (Å²) in [6.45, 7) is 0.159. The number of rotatable bonds is 5. The molecular formula is C22H19F5N4O4. The molecule has 3 aromatic rings. The van der Waals surface area contributed by atoms with Crippen molar-refractivity contribution in [3.8, 4) is 0 Å². The van der Waals surface area contributed by atoms with Crippen molar-refractivity contribution in [1.29, 1.82) is 0 Å². The minimum atomic E-state index is -4.67. The van der Waals surface area contributed by atoms with E-state index >= 15 is 0 Å². The van der Waals surface area contributed by atoms with E-state index < -0.39 is 36.1 Å². The number of halogens is 5. The van der Waals surface area contributed by atoms with Gasteiger partial charge in [-0.25, -0.2) is 13.8 Å². The summed E-state index contributed by atoms with van der Waals surface area (Å²) >= 11 is 0. The van der Waals surface area contributed by atoms with Crippen LogP contribution in [0.15, 0.2) is 28.7 Å². The van der Waals surface area contributed by atoms with Gasteiger partial charge in [0.2, 0.25) is 11.8 Å². The fraction of sp³-hybridized carbons (Fsp3) is 0.455. The van der Waals surface area contributed by atoms with Gasteiger partial charge in [0, 0.05) is 11.3 Å². The molecule has 1 amide bonds. The molecule has 3 heterocycles. The number of alkyl halides is 3. The van der Waals surface area contributed by atoms with Crippen LogP contribution in [0.25, 0.3) is 10.9 Å². The number of hydrogen-bond acceptors (Lipinski definition) is 7. The summed E-state index contributed by atoms with van der Waals surface area (Å²) < 4.78 is 79.3. The molecule has 13 heteroatoms. The molecule has 1 aliphatic heterocycles. The van der Waals surface area contributed by atoms with E-state index in [0.717, 1.165) is 6.07 Å². The number of nitrogens with one attached hydrogen (secondary N) is 1. The van der Waals surface area contributed by atoms with E-state index in [-0.39, 0.29) is 59.8 Å². The first-order chi connectivity index (χ1) is 16.7. The average Bonchev–Trinajstić information content (AvgIpc) is 3.28. The third kappa shape index (κ3) is 5.10. The molecule has 1 aromatic carbocycles. The predicted octanol–water partition coefficient (Wildman–Crippen LogP) is 4.33. The number of fused-ring (bicyclic) bond motifs is 1. The normalized spacial score (nSPS) is 24.8. The summed E-state index contributed by atoms with van der Waals surface area (Å²) in [6.07, 6.45) is -4.79. The predicted molar refractivity (Wildman–Crippen MR) is 108 cm³/mol. The topological polar surface area (TPSA) is 99.4 Å². The van der Waals surface area contributed by atoms with Crippen molar-refractivity contribution in [3.05, 3.63) is 53.4 Å². The summed E-state index contributed by atoms with van der Waals surface area (Å²) in [5.74, 6) is -2.31. The van der Waals surface area contributed by atoms with Gasteiger partial charge < -0.3 is 14.5 Å². The van der Waals surface area contributed by atoms with Crippen LogP contribution in [0.2, 0.25) is 0 Å². The summed E-state index contributed by atoms with van der Waals surface area (Å²) in [5, 5.41) is 10.7. The van der Waals surface area contributed by atoms with E-state index in [1.807, 2.05) is 0 Å². The minimum Gasteiger partial charge on any atom is -0.422 e. The number of carbonyl (C=O) groups is 1. The lowest BCUT2D eigenvalue weighted by Crippen LogP contribution is -2.41. The molecule has 1 N–H and O–H groups in total. The minimum absolute atomic E-state index is 0.0189.